The molecule has 2 rings (SSSR count). The highest BCUT2D eigenvalue weighted by Gasteiger charge is 2.23. The minimum atomic E-state index is -4.02. The first-order chi connectivity index (χ1) is 9.29. The molecule has 1 aromatic carbocycles. The number of ether oxygens (including phenoxy) is 1. The molecule has 1 aliphatic rings. The Bertz CT molecular complexity index is 641. The molecule has 1 amide bonds. The first-order valence-corrected chi connectivity index (χ1v) is 8.23. The van der Waals surface area contributed by atoms with Crippen molar-refractivity contribution in [3.63, 3.8) is 0 Å². The van der Waals surface area contributed by atoms with Crippen LogP contribution in [0.2, 0.25) is 0 Å². The second kappa shape index (κ2) is 5.67. The maximum atomic E-state index is 14.0. The van der Waals surface area contributed by atoms with Gasteiger partial charge in [0.25, 0.3) is 15.0 Å². The lowest BCUT2D eigenvalue weighted by atomic mass is 10.1. The van der Waals surface area contributed by atoms with E-state index in [0.717, 1.165) is 12.1 Å². The van der Waals surface area contributed by atoms with Gasteiger partial charge in [-0.05, 0) is 31.0 Å². The Morgan fingerprint density at radius 2 is 2.20 bits per heavy atom. The Balaban J connectivity index is 2.34. The summed E-state index contributed by atoms with van der Waals surface area (Å²) in [7, 11) is 1.20. The van der Waals surface area contributed by atoms with Crippen LogP contribution < -0.4 is 5.32 Å². The van der Waals surface area contributed by atoms with Crippen LogP contribution in [0.4, 0.5) is 4.39 Å². The normalized spacial score (nSPS) is 19.1. The lowest BCUT2D eigenvalue weighted by molar-refractivity contribution is 0.0925. The molecule has 0 radical (unpaired) electrons. The zero-order valence-corrected chi connectivity index (χ0v) is 12.2. The maximum Gasteiger partial charge on any atom is 0.261 e. The van der Waals surface area contributed by atoms with Crippen molar-refractivity contribution >= 4 is 25.6 Å². The summed E-state index contributed by atoms with van der Waals surface area (Å²) in [4.78, 5) is 11.7. The Morgan fingerprint density at radius 1 is 1.50 bits per heavy atom. The SMILES string of the molecule is Cc1cc(S(=O)(=O)Cl)cc(C(=O)NC2CCOC2)c1F. The third-order valence-corrected chi connectivity index (χ3v) is 4.35. The first-order valence-electron chi connectivity index (χ1n) is 5.92. The highest BCUT2D eigenvalue weighted by Crippen LogP contribution is 2.22. The minimum Gasteiger partial charge on any atom is -0.379 e. The monoisotopic (exact) mass is 321 g/mol. The summed E-state index contributed by atoms with van der Waals surface area (Å²) in [6.07, 6.45) is 0.639. The van der Waals surface area contributed by atoms with Crippen LogP contribution in [0, 0.1) is 12.7 Å². The van der Waals surface area contributed by atoms with Crippen molar-refractivity contribution in [2.24, 2.45) is 0 Å². The largest absolute Gasteiger partial charge is 0.379 e. The van der Waals surface area contributed by atoms with Gasteiger partial charge in [-0.25, -0.2) is 12.8 Å². The van der Waals surface area contributed by atoms with E-state index >= 15 is 0 Å². The number of carbonyl (C=O) groups excluding carboxylic acids is 1. The van der Waals surface area contributed by atoms with Gasteiger partial charge in [0.1, 0.15) is 5.82 Å². The van der Waals surface area contributed by atoms with E-state index < -0.39 is 20.8 Å². The number of carbonyl (C=O) groups is 1. The number of hydrogen-bond acceptors (Lipinski definition) is 4. The highest BCUT2D eigenvalue weighted by atomic mass is 35.7. The molecule has 8 heteroatoms. The van der Waals surface area contributed by atoms with Crippen molar-refractivity contribution in [3.05, 3.63) is 29.1 Å². The smallest absolute Gasteiger partial charge is 0.261 e. The average Bonchev–Trinajstić information content (AvgIpc) is 2.83. The van der Waals surface area contributed by atoms with E-state index in [-0.39, 0.29) is 22.1 Å². The van der Waals surface area contributed by atoms with Crippen LogP contribution >= 0.6 is 10.7 Å². The standard InChI is InChI=1S/C12H13ClFNO4S/c1-7-4-9(20(13,17)18)5-10(11(7)14)12(16)15-8-2-3-19-6-8/h4-5,8H,2-3,6H2,1H3,(H,15,16). The molecule has 0 saturated carbocycles. The third-order valence-electron chi connectivity index (χ3n) is 3.02. The molecule has 20 heavy (non-hydrogen) atoms. The lowest BCUT2D eigenvalue weighted by Crippen LogP contribution is -2.35. The van der Waals surface area contributed by atoms with Crippen molar-refractivity contribution in [2.75, 3.05) is 13.2 Å². The minimum absolute atomic E-state index is 0.0412. The highest BCUT2D eigenvalue weighted by molar-refractivity contribution is 8.13. The van der Waals surface area contributed by atoms with Crippen molar-refractivity contribution in [2.45, 2.75) is 24.3 Å². The summed E-state index contributed by atoms with van der Waals surface area (Å²) in [6.45, 7) is 2.26. The summed E-state index contributed by atoms with van der Waals surface area (Å²) in [5.41, 5.74) is -0.296. The van der Waals surface area contributed by atoms with Gasteiger partial charge in [-0.1, -0.05) is 0 Å². The second-order valence-electron chi connectivity index (χ2n) is 4.57. The van der Waals surface area contributed by atoms with Gasteiger partial charge >= 0.3 is 0 Å². The molecule has 0 bridgehead atoms. The van der Waals surface area contributed by atoms with Crippen LogP contribution in [-0.4, -0.2) is 33.6 Å². The summed E-state index contributed by atoms with van der Waals surface area (Å²) in [5.74, 6) is -1.44. The second-order valence-corrected chi connectivity index (χ2v) is 7.14. The van der Waals surface area contributed by atoms with Crippen LogP contribution in [0.25, 0.3) is 0 Å². The van der Waals surface area contributed by atoms with Gasteiger partial charge in [-0.3, -0.25) is 4.79 Å². The molecule has 0 aliphatic carbocycles. The van der Waals surface area contributed by atoms with Crippen LogP contribution in [0.3, 0.4) is 0 Å². The molecular weight excluding hydrogens is 309 g/mol. The Hall–Kier alpha value is -1.18. The van der Waals surface area contributed by atoms with Gasteiger partial charge in [0.15, 0.2) is 0 Å². The molecule has 110 valence electrons. The molecule has 0 spiro atoms. The molecule has 1 fully saturated rings. The van der Waals surface area contributed by atoms with Crippen LogP contribution in [0.5, 0.6) is 0 Å². The van der Waals surface area contributed by atoms with E-state index in [4.69, 9.17) is 15.4 Å². The summed E-state index contributed by atoms with van der Waals surface area (Å²) < 4.78 is 41.7. The van der Waals surface area contributed by atoms with Crippen molar-refractivity contribution < 1.29 is 22.3 Å². The van der Waals surface area contributed by atoms with Gasteiger partial charge in [0.05, 0.1) is 23.1 Å². The summed E-state index contributed by atoms with van der Waals surface area (Å²) in [6, 6.07) is 1.83. The fourth-order valence-corrected chi connectivity index (χ4v) is 2.80. The third kappa shape index (κ3) is 3.28. The molecule has 0 aromatic heterocycles. The Kier molecular flexibility index (Phi) is 4.31. The molecule has 1 saturated heterocycles. The molecule has 1 aromatic rings. The Labute approximate surface area is 120 Å². The lowest BCUT2D eigenvalue weighted by Gasteiger charge is -2.12. The fourth-order valence-electron chi connectivity index (χ4n) is 1.95. The molecule has 1 unspecified atom stereocenters. The number of aryl methyl sites for hydroxylation is 1. The zero-order chi connectivity index (χ0) is 14.9. The number of rotatable bonds is 3. The van der Waals surface area contributed by atoms with Crippen LogP contribution in [0.1, 0.15) is 22.3 Å². The molecule has 1 heterocycles. The van der Waals surface area contributed by atoms with Crippen LogP contribution in [0.15, 0.2) is 17.0 Å². The number of hydrogen-bond donors (Lipinski definition) is 1. The van der Waals surface area contributed by atoms with E-state index in [9.17, 15) is 17.6 Å². The number of halogens is 2. The van der Waals surface area contributed by atoms with Crippen molar-refractivity contribution in [1.82, 2.24) is 5.32 Å². The van der Waals surface area contributed by atoms with E-state index in [1.807, 2.05) is 0 Å². The predicted octanol–water partition coefficient (Wildman–Crippen LogP) is 1.58. The van der Waals surface area contributed by atoms with E-state index in [0.29, 0.717) is 19.6 Å². The number of nitrogens with one attached hydrogen (secondary N) is 1. The van der Waals surface area contributed by atoms with Gasteiger partial charge in [0, 0.05) is 17.3 Å². The van der Waals surface area contributed by atoms with Gasteiger partial charge in [-0.2, -0.15) is 0 Å². The molecule has 1 N–H and O–H groups in total. The zero-order valence-electron chi connectivity index (χ0n) is 10.7. The number of benzene rings is 1. The van der Waals surface area contributed by atoms with Gasteiger partial charge < -0.3 is 10.1 Å². The van der Waals surface area contributed by atoms with E-state index in [1.54, 1.807) is 0 Å². The van der Waals surface area contributed by atoms with Gasteiger partial charge in [-0.15, -0.1) is 0 Å². The molecule has 1 aliphatic heterocycles. The van der Waals surface area contributed by atoms with E-state index in [1.165, 1.54) is 6.92 Å². The van der Waals surface area contributed by atoms with E-state index in [2.05, 4.69) is 5.32 Å². The molecule has 1 atom stereocenters. The Morgan fingerprint density at radius 3 is 2.75 bits per heavy atom. The molecular formula is C12H13ClFNO4S. The quantitative estimate of drug-likeness (QED) is 0.858. The van der Waals surface area contributed by atoms with Gasteiger partial charge in [0.2, 0.25) is 0 Å². The molecule has 5 nitrogen and oxygen atoms in total. The maximum absolute atomic E-state index is 14.0. The first kappa shape index (κ1) is 15.2. The predicted molar refractivity (Wildman–Crippen MR) is 70.9 cm³/mol. The fraction of sp³-hybridized carbons (Fsp3) is 0.417. The van der Waals surface area contributed by atoms with Crippen molar-refractivity contribution in [1.29, 1.82) is 0 Å². The summed E-state index contributed by atoms with van der Waals surface area (Å²) >= 11 is 0. The van der Waals surface area contributed by atoms with Crippen LogP contribution in [-0.2, 0) is 13.8 Å². The summed E-state index contributed by atoms with van der Waals surface area (Å²) in [5, 5.41) is 2.60. The average molecular weight is 322 g/mol. The van der Waals surface area contributed by atoms with Crippen molar-refractivity contribution in [3.8, 4) is 0 Å². The number of amides is 1. The topological polar surface area (TPSA) is 72.5 Å².